The van der Waals surface area contributed by atoms with E-state index in [4.69, 9.17) is 12.2 Å². The third-order valence-corrected chi connectivity index (χ3v) is 3.93. The Hall–Kier alpha value is -1.35. The van der Waals surface area contributed by atoms with E-state index in [9.17, 15) is 0 Å². The van der Waals surface area contributed by atoms with Gasteiger partial charge in [0.25, 0.3) is 0 Å². The standard InChI is InChI=1S/C15H20N2S/c1-4-5-6-13-10(2)7-11(3)14(13)8-12-9-16-15(18)17-12/h4-6,9,11,14H,1,7-8H2,2-3H3,(H2,16,17,18)/b6-5-. The number of rotatable bonds is 4. The molecule has 0 saturated carbocycles. The van der Waals surface area contributed by atoms with E-state index in [2.05, 4.69) is 36.5 Å². The predicted molar refractivity (Wildman–Crippen MR) is 79.0 cm³/mol. The molecule has 1 aromatic heterocycles. The zero-order valence-corrected chi connectivity index (χ0v) is 11.8. The summed E-state index contributed by atoms with van der Waals surface area (Å²) in [7, 11) is 0. The van der Waals surface area contributed by atoms with Crippen LogP contribution in [0.1, 0.15) is 26.0 Å². The fraction of sp³-hybridized carbons (Fsp3) is 0.400. The first-order valence-corrected chi connectivity index (χ1v) is 6.78. The van der Waals surface area contributed by atoms with Crippen LogP contribution in [0.4, 0.5) is 0 Å². The zero-order valence-electron chi connectivity index (χ0n) is 11.0. The van der Waals surface area contributed by atoms with Crippen molar-refractivity contribution in [2.45, 2.75) is 26.7 Å². The van der Waals surface area contributed by atoms with Crippen molar-refractivity contribution >= 4 is 12.2 Å². The topological polar surface area (TPSA) is 31.6 Å². The van der Waals surface area contributed by atoms with Gasteiger partial charge in [0.15, 0.2) is 4.77 Å². The number of nitrogens with one attached hydrogen (secondary N) is 2. The van der Waals surface area contributed by atoms with Crippen LogP contribution in [0.2, 0.25) is 0 Å². The van der Waals surface area contributed by atoms with E-state index in [1.807, 2.05) is 18.3 Å². The minimum absolute atomic E-state index is 0.572. The highest BCUT2D eigenvalue weighted by Gasteiger charge is 2.28. The van der Waals surface area contributed by atoms with E-state index in [1.54, 1.807) is 0 Å². The number of imidazole rings is 1. The molecular weight excluding hydrogens is 240 g/mol. The van der Waals surface area contributed by atoms with Gasteiger partial charge >= 0.3 is 0 Å². The predicted octanol–water partition coefficient (Wildman–Crippen LogP) is 4.33. The number of allylic oxidation sites excluding steroid dienone is 5. The summed E-state index contributed by atoms with van der Waals surface area (Å²) in [5.41, 5.74) is 4.15. The molecule has 0 amide bonds. The number of aromatic amines is 2. The molecule has 1 heterocycles. The number of hydrogen-bond donors (Lipinski definition) is 2. The van der Waals surface area contributed by atoms with Gasteiger partial charge in [0.2, 0.25) is 0 Å². The molecule has 2 atom stereocenters. The maximum Gasteiger partial charge on any atom is 0.174 e. The lowest BCUT2D eigenvalue weighted by molar-refractivity contribution is 0.444. The summed E-state index contributed by atoms with van der Waals surface area (Å²) in [6.45, 7) is 8.30. The first-order chi connectivity index (χ1) is 8.61. The van der Waals surface area contributed by atoms with E-state index in [0.29, 0.717) is 16.6 Å². The molecule has 1 aromatic rings. The molecule has 1 aliphatic carbocycles. The molecule has 0 fully saturated rings. The lowest BCUT2D eigenvalue weighted by Crippen LogP contribution is -2.11. The molecular formula is C15H20N2S. The average Bonchev–Trinajstić information content (AvgIpc) is 2.83. The third kappa shape index (κ3) is 2.72. The second-order valence-corrected chi connectivity index (χ2v) is 5.50. The molecule has 0 bridgehead atoms. The highest BCUT2D eigenvalue weighted by atomic mass is 32.1. The maximum atomic E-state index is 5.08. The van der Waals surface area contributed by atoms with Gasteiger partial charge in [0, 0.05) is 11.9 Å². The molecule has 0 aromatic carbocycles. The van der Waals surface area contributed by atoms with Crippen molar-refractivity contribution in [2.24, 2.45) is 11.8 Å². The van der Waals surface area contributed by atoms with Crippen molar-refractivity contribution in [1.29, 1.82) is 0 Å². The Morgan fingerprint density at radius 1 is 1.56 bits per heavy atom. The van der Waals surface area contributed by atoms with Gasteiger partial charge in [-0.05, 0) is 49.4 Å². The summed E-state index contributed by atoms with van der Waals surface area (Å²) in [4.78, 5) is 6.24. The molecule has 1 aliphatic rings. The SMILES string of the molecule is C=C/C=C\C1=C(C)CC(C)C1Cc1c[nH]c(=S)[nH]1. The number of aromatic nitrogens is 2. The van der Waals surface area contributed by atoms with Crippen molar-refractivity contribution in [2.75, 3.05) is 0 Å². The van der Waals surface area contributed by atoms with Crippen LogP contribution >= 0.6 is 12.2 Å². The Labute approximate surface area is 114 Å². The van der Waals surface area contributed by atoms with Crippen LogP contribution in [0.25, 0.3) is 0 Å². The summed E-state index contributed by atoms with van der Waals surface area (Å²) in [6.07, 6.45) is 10.3. The molecule has 2 unspecified atom stereocenters. The van der Waals surface area contributed by atoms with Crippen molar-refractivity contribution in [3.05, 3.63) is 52.6 Å². The van der Waals surface area contributed by atoms with Gasteiger partial charge in [-0.2, -0.15) is 0 Å². The summed E-state index contributed by atoms with van der Waals surface area (Å²) >= 11 is 5.08. The number of hydrogen-bond acceptors (Lipinski definition) is 1. The summed E-state index contributed by atoms with van der Waals surface area (Å²) in [5, 5.41) is 0. The molecule has 2 nitrogen and oxygen atoms in total. The van der Waals surface area contributed by atoms with Crippen molar-refractivity contribution in [3.63, 3.8) is 0 Å². The Balaban J connectivity index is 2.21. The van der Waals surface area contributed by atoms with Gasteiger partial charge in [-0.1, -0.05) is 37.3 Å². The van der Waals surface area contributed by atoms with Crippen molar-refractivity contribution in [3.8, 4) is 0 Å². The molecule has 2 rings (SSSR count). The maximum absolute atomic E-state index is 5.08. The van der Waals surface area contributed by atoms with Crippen molar-refractivity contribution < 1.29 is 0 Å². The lowest BCUT2D eigenvalue weighted by atomic mass is 9.88. The minimum atomic E-state index is 0.572. The fourth-order valence-electron chi connectivity index (χ4n) is 2.83. The van der Waals surface area contributed by atoms with Gasteiger partial charge < -0.3 is 9.97 Å². The Morgan fingerprint density at radius 3 is 2.94 bits per heavy atom. The Bertz CT molecular complexity index is 545. The minimum Gasteiger partial charge on any atom is -0.337 e. The zero-order chi connectivity index (χ0) is 13.1. The molecule has 0 saturated heterocycles. The van der Waals surface area contributed by atoms with E-state index >= 15 is 0 Å². The highest BCUT2D eigenvalue weighted by molar-refractivity contribution is 7.71. The second kappa shape index (κ2) is 5.53. The summed E-state index contributed by atoms with van der Waals surface area (Å²) in [6, 6.07) is 0. The molecule has 3 heteroatoms. The smallest absolute Gasteiger partial charge is 0.174 e. The van der Waals surface area contributed by atoms with E-state index in [0.717, 1.165) is 6.42 Å². The molecule has 18 heavy (non-hydrogen) atoms. The normalized spacial score (nSPS) is 24.1. The van der Waals surface area contributed by atoms with E-state index in [-0.39, 0.29) is 0 Å². The highest BCUT2D eigenvalue weighted by Crippen LogP contribution is 2.39. The molecule has 2 N–H and O–H groups in total. The fourth-order valence-corrected chi connectivity index (χ4v) is 3.02. The van der Waals surface area contributed by atoms with Crippen LogP contribution in [0, 0.1) is 16.6 Å². The Kier molecular flexibility index (Phi) is 4.02. The third-order valence-electron chi connectivity index (χ3n) is 3.71. The summed E-state index contributed by atoms with van der Waals surface area (Å²) < 4.78 is 0.708. The molecule has 0 spiro atoms. The molecule has 0 radical (unpaired) electrons. The molecule has 0 aliphatic heterocycles. The van der Waals surface area contributed by atoms with Crippen LogP contribution in [0.3, 0.4) is 0 Å². The van der Waals surface area contributed by atoms with E-state index in [1.165, 1.54) is 23.3 Å². The van der Waals surface area contributed by atoms with Crippen LogP contribution in [-0.4, -0.2) is 9.97 Å². The average molecular weight is 260 g/mol. The Morgan fingerprint density at radius 2 is 2.33 bits per heavy atom. The monoisotopic (exact) mass is 260 g/mol. The number of H-pyrrole nitrogens is 2. The van der Waals surface area contributed by atoms with E-state index < -0.39 is 0 Å². The quantitative estimate of drug-likeness (QED) is 0.613. The first-order valence-electron chi connectivity index (χ1n) is 6.37. The van der Waals surface area contributed by atoms with Gasteiger partial charge in [-0.3, -0.25) is 0 Å². The second-order valence-electron chi connectivity index (χ2n) is 5.09. The van der Waals surface area contributed by atoms with Crippen LogP contribution in [0.15, 0.2) is 42.2 Å². The summed E-state index contributed by atoms with van der Waals surface area (Å²) in [5.74, 6) is 1.26. The van der Waals surface area contributed by atoms with Gasteiger partial charge in [0.1, 0.15) is 0 Å². The van der Waals surface area contributed by atoms with Crippen LogP contribution < -0.4 is 0 Å². The molecule has 96 valence electrons. The first kappa shape index (κ1) is 13.1. The lowest BCUT2D eigenvalue weighted by Gasteiger charge is -2.17. The van der Waals surface area contributed by atoms with Crippen LogP contribution in [0.5, 0.6) is 0 Å². The largest absolute Gasteiger partial charge is 0.337 e. The van der Waals surface area contributed by atoms with Gasteiger partial charge in [-0.25, -0.2) is 0 Å². The van der Waals surface area contributed by atoms with Gasteiger partial charge in [0.05, 0.1) is 0 Å². The van der Waals surface area contributed by atoms with Gasteiger partial charge in [-0.15, -0.1) is 0 Å². The van der Waals surface area contributed by atoms with Crippen LogP contribution in [-0.2, 0) is 6.42 Å². The van der Waals surface area contributed by atoms with Crippen molar-refractivity contribution in [1.82, 2.24) is 9.97 Å².